The van der Waals surface area contributed by atoms with Crippen molar-refractivity contribution in [1.82, 2.24) is 19.7 Å². The molecule has 3 aromatic rings. The van der Waals surface area contributed by atoms with Gasteiger partial charge in [0.05, 0.1) is 11.9 Å². The van der Waals surface area contributed by atoms with Gasteiger partial charge < -0.3 is 15.3 Å². The van der Waals surface area contributed by atoms with Gasteiger partial charge in [0.2, 0.25) is 5.91 Å². The number of pyridine rings is 2. The third kappa shape index (κ3) is 3.76. The zero-order valence-corrected chi connectivity index (χ0v) is 16.9. The van der Waals surface area contributed by atoms with E-state index in [1.165, 1.54) is 31.4 Å². The van der Waals surface area contributed by atoms with Gasteiger partial charge >= 0.3 is 0 Å². The van der Waals surface area contributed by atoms with Crippen molar-refractivity contribution in [3.8, 4) is 0 Å². The van der Waals surface area contributed by atoms with Crippen LogP contribution in [0.1, 0.15) is 55.5 Å². The first-order chi connectivity index (χ1) is 15.1. The Balaban J connectivity index is 1.46. The molecule has 3 aromatic heterocycles. The molecule has 1 saturated carbocycles. The Labute approximate surface area is 178 Å². The number of halogens is 1. The molecule has 5 rings (SSSR count). The molecule has 1 aliphatic carbocycles. The molecule has 0 bridgehead atoms. The van der Waals surface area contributed by atoms with Gasteiger partial charge in [-0.3, -0.25) is 4.79 Å². The summed E-state index contributed by atoms with van der Waals surface area (Å²) >= 11 is 0. The third-order valence-electron chi connectivity index (χ3n) is 5.91. The minimum Gasteiger partial charge on any atom is -0.368 e. The summed E-state index contributed by atoms with van der Waals surface area (Å²) in [6.45, 7) is -0.0500. The van der Waals surface area contributed by atoms with Crippen molar-refractivity contribution in [2.75, 3.05) is 16.8 Å². The summed E-state index contributed by atoms with van der Waals surface area (Å²) in [5.74, 6) is 0.955. The highest BCUT2D eigenvalue weighted by Gasteiger charge is 2.34. The van der Waals surface area contributed by atoms with E-state index in [0.717, 1.165) is 24.7 Å². The summed E-state index contributed by atoms with van der Waals surface area (Å²) in [6.07, 6.45) is 7.46. The highest BCUT2D eigenvalue weighted by Crippen LogP contribution is 2.41. The molecular weight excluding hydrogens is 399 g/mol. The average molecular weight is 422 g/mol. The van der Waals surface area contributed by atoms with E-state index in [-0.39, 0.29) is 18.3 Å². The molecule has 2 aliphatic rings. The topological polar surface area (TPSA) is 96.2 Å². The molecule has 31 heavy (non-hydrogen) atoms. The Hall–Kier alpha value is -3.33. The molecule has 1 fully saturated rings. The van der Waals surface area contributed by atoms with E-state index < -0.39 is 12.0 Å². The van der Waals surface area contributed by atoms with Crippen LogP contribution in [0, 0.1) is 5.82 Å². The summed E-state index contributed by atoms with van der Waals surface area (Å²) < 4.78 is 14.7. The quantitative estimate of drug-likeness (QED) is 0.668. The number of fused-ring (bicyclic) bond motifs is 2. The van der Waals surface area contributed by atoms with Gasteiger partial charge in [-0.05, 0) is 37.1 Å². The number of amides is 1. The highest BCUT2D eigenvalue weighted by molar-refractivity contribution is 5.94. The monoisotopic (exact) mass is 422 g/mol. The second-order valence-corrected chi connectivity index (χ2v) is 7.99. The number of nitrogens with zero attached hydrogens (tertiary/aromatic N) is 5. The standard InChI is InChI=1S/C22H23FN6O2/c23-15-8-9-18(25-12-15)26-19(30)13-28-20-11-17(14-5-2-1-3-6-14)27-29(20)22(31)16-7-4-10-24-21(16)28/h4,7-12,14,22,31H,1-3,5-6,13H2,(H,25,26,30). The van der Waals surface area contributed by atoms with Crippen molar-refractivity contribution in [1.29, 1.82) is 0 Å². The maximum absolute atomic E-state index is 13.1. The van der Waals surface area contributed by atoms with Crippen LogP contribution in [0.5, 0.6) is 0 Å². The lowest BCUT2D eigenvalue weighted by Gasteiger charge is -2.32. The van der Waals surface area contributed by atoms with Gasteiger partial charge in [0.1, 0.15) is 29.8 Å². The molecule has 1 aliphatic heterocycles. The van der Waals surface area contributed by atoms with Crippen molar-refractivity contribution in [2.24, 2.45) is 0 Å². The SMILES string of the molecule is O=C(CN1c2ncccc2C(O)n2nc(C3CCCCC3)cc21)Nc1ccc(F)cn1. The zero-order valence-electron chi connectivity index (χ0n) is 16.9. The zero-order chi connectivity index (χ0) is 21.4. The predicted molar refractivity (Wildman–Crippen MR) is 112 cm³/mol. The lowest BCUT2D eigenvalue weighted by atomic mass is 9.87. The lowest BCUT2D eigenvalue weighted by molar-refractivity contribution is -0.114. The Morgan fingerprint density at radius 2 is 2.03 bits per heavy atom. The number of carbonyl (C=O) groups excluding carboxylic acids is 1. The lowest BCUT2D eigenvalue weighted by Crippen LogP contribution is -2.36. The van der Waals surface area contributed by atoms with Crippen LogP contribution in [0.15, 0.2) is 42.7 Å². The maximum Gasteiger partial charge on any atom is 0.245 e. The van der Waals surface area contributed by atoms with Gasteiger partial charge in [0.25, 0.3) is 0 Å². The molecule has 4 heterocycles. The minimum atomic E-state index is -0.964. The number of aromatic nitrogens is 4. The number of hydrogen-bond acceptors (Lipinski definition) is 6. The summed E-state index contributed by atoms with van der Waals surface area (Å²) in [6, 6.07) is 8.14. The minimum absolute atomic E-state index is 0.0500. The molecule has 0 radical (unpaired) electrons. The fourth-order valence-electron chi connectivity index (χ4n) is 4.39. The van der Waals surface area contributed by atoms with Gasteiger partial charge in [0.15, 0.2) is 6.23 Å². The van der Waals surface area contributed by atoms with Crippen LogP contribution in [0.25, 0.3) is 0 Å². The van der Waals surface area contributed by atoms with Crippen LogP contribution in [0.3, 0.4) is 0 Å². The molecule has 9 heteroatoms. The Morgan fingerprint density at radius 1 is 1.19 bits per heavy atom. The number of hydrogen-bond donors (Lipinski definition) is 2. The summed E-state index contributed by atoms with van der Waals surface area (Å²) in [4.78, 5) is 22.8. The average Bonchev–Trinajstić information content (AvgIpc) is 3.25. The van der Waals surface area contributed by atoms with Crippen molar-refractivity contribution in [3.05, 3.63) is 59.8 Å². The van der Waals surface area contributed by atoms with E-state index in [1.807, 2.05) is 6.07 Å². The maximum atomic E-state index is 13.1. The smallest absolute Gasteiger partial charge is 0.245 e. The number of nitrogens with one attached hydrogen (secondary N) is 1. The molecule has 1 amide bonds. The number of carbonyl (C=O) groups is 1. The van der Waals surface area contributed by atoms with Crippen molar-refractivity contribution < 1.29 is 14.3 Å². The van der Waals surface area contributed by atoms with Gasteiger partial charge in [-0.1, -0.05) is 19.3 Å². The first-order valence-electron chi connectivity index (χ1n) is 10.5. The largest absolute Gasteiger partial charge is 0.368 e. The van der Waals surface area contributed by atoms with Crippen LogP contribution in [0.2, 0.25) is 0 Å². The third-order valence-corrected chi connectivity index (χ3v) is 5.91. The predicted octanol–water partition coefficient (Wildman–Crippen LogP) is 3.49. The van der Waals surface area contributed by atoms with Gasteiger partial charge in [-0.2, -0.15) is 5.10 Å². The van der Waals surface area contributed by atoms with Crippen LogP contribution in [-0.2, 0) is 4.79 Å². The second kappa shape index (κ2) is 8.07. The normalized spacial score (nSPS) is 18.4. The first-order valence-corrected chi connectivity index (χ1v) is 10.5. The second-order valence-electron chi connectivity index (χ2n) is 7.99. The molecular formula is C22H23FN6O2. The van der Waals surface area contributed by atoms with E-state index in [2.05, 4.69) is 15.3 Å². The first kappa shape index (κ1) is 19.6. The molecule has 1 unspecified atom stereocenters. The number of aliphatic hydroxyl groups is 1. The molecule has 8 nitrogen and oxygen atoms in total. The van der Waals surface area contributed by atoms with Crippen molar-refractivity contribution in [3.63, 3.8) is 0 Å². The molecule has 2 N–H and O–H groups in total. The van der Waals surface area contributed by atoms with E-state index in [9.17, 15) is 14.3 Å². The van der Waals surface area contributed by atoms with Gasteiger partial charge in [-0.15, -0.1) is 0 Å². The molecule has 1 atom stereocenters. The molecule has 0 aromatic carbocycles. The van der Waals surface area contributed by atoms with Crippen molar-refractivity contribution >= 4 is 23.4 Å². The van der Waals surface area contributed by atoms with Gasteiger partial charge in [0, 0.05) is 23.7 Å². The Morgan fingerprint density at radius 3 is 2.81 bits per heavy atom. The summed E-state index contributed by atoms with van der Waals surface area (Å²) in [5.41, 5.74) is 1.52. The van der Waals surface area contributed by atoms with E-state index >= 15 is 0 Å². The summed E-state index contributed by atoms with van der Waals surface area (Å²) in [5, 5.41) is 18.3. The fourth-order valence-corrected chi connectivity index (χ4v) is 4.39. The fraction of sp³-hybridized carbons (Fsp3) is 0.364. The molecule has 160 valence electrons. The van der Waals surface area contributed by atoms with Crippen molar-refractivity contribution in [2.45, 2.75) is 44.2 Å². The molecule has 0 saturated heterocycles. The Kier molecular flexibility index (Phi) is 5.11. The summed E-state index contributed by atoms with van der Waals surface area (Å²) in [7, 11) is 0. The number of anilines is 3. The van der Waals surface area contributed by atoms with Crippen LogP contribution >= 0.6 is 0 Å². The van der Waals surface area contributed by atoms with Gasteiger partial charge in [-0.25, -0.2) is 19.0 Å². The molecule has 0 spiro atoms. The van der Waals surface area contributed by atoms with E-state index in [4.69, 9.17) is 5.10 Å². The van der Waals surface area contributed by atoms with Crippen LogP contribution < -0.4 is 10.2 Å². The van der Waals surface area contributed by atoms with E-state index in [1.54, 1.807) is 27.9 Å². The Bertz CT molecular complexity index is 1090. The van der Waals surface area contributed by atoms with Crippen LogP contribution in [-0.4, -0.2) is 37.3 Å². The highest BCUT2D eigenvalue weighted by atomic mass is 19.1. The number of aliphatic hydroxyl groups excluding tert-OH is 1. The van der Waals surface area contributed by atoms with Crippen LogP contribution in [0.4, 0.5) is 21.8 Å². The van der Waals surface area contributed by atoms with E-state index in [0.29, 0.717) is 23.1 Å². The number of rotatable bonds is 4.